The lowest BCUT2D eigenvalue weighted by Gasteiger charge is -2.27. The molecule has 0 radical (unpaired) electrons. The number of likely N-dealkylation sites (tertiary alicyclic amines) is 1. The minimum atomic E-state index is -0.423. The molecule has 0 bridgehead atoms. The summed E-state index contributed by atoms with van der Waals surface area (Å²) in [6, 6.07) is 0. The van der Waals surface area contributed by atoms with Crippen LogP contribution in [0.5, 0.6) is 0 Å². The van der Waals surface area contributed by atoms with Gasteiger partial charge in [0.15, 0.2) is 5.79 Å². The van der Waals surface area contributed by atoms with Crippen LogP contribution in [0.1, 0.15) is 33.6 Å². The molecule has 3 rings (SSSR count). The van der Waals surface area contributed by atoms with Crippen molar-refractivity contribution in [3.8, 4) is 0 Å². The van der Waals surface area contributed by atoms with Crippen LogP contribution in [0.2, 0.25) is 0 Å². The molecular weight excluding hydrogens is 246 g/mol. The van der Waals surface area contributed by atoms with Crippen molar-refractivity contribution < 1.29 is 19.0 Å². The van der Waals surface area contributed by atoms with Crippen LogP contribution in [0.25, 0.3) is 0 Å². The Bertz CT molecular complexity index is 354. The van der Waals surface area contributed by atoms with Gasteiger partial charge in [0.05, 0.1) is 13.2 Å². The fraction of sp³-hybridized carbons (Fsp3) is 0.929. The molecule has 5 nitrogen and oxygen atoms in total. The highest BCUT2D eigenvalue weighted by atomic mass is 16.7. The minimum Gasteiger partial charge on any atom is -0.444 e. The van der Waals surface area contributed by atoms with Gasteiger partial charge in [-0.05, 0) is 32.6 Å². The zero-order valence-corrected chi connectivity index (χ0v) is 12.0. The van der Waals surface area contributed by atoms with Gasteiger partial charge in [0.2, 0.25) is 0 Å². The summed E-state index contributed by atoms with van der Waals surface area (Å²) in [4.78, 5) is 13.9. The quantitative estimate of drug-likeness (QED) is 0.675. The van der Waals surface area contributed by atoms with Crippen LogP contribution < -0.4 is 0 Å². The molecular formula is C14H23NO4. The average Bonchev–Trinajstić information content (AvgIpc) is 2.91. The standard InChI is InChI=1S/C14H23NO4/c1-13(2,3)19-12(16)15-8-10-6-14(7-11(10)9-15)17-4-5-18-14/h10-11H,4-9H2,1-3H3/t10-,11-/m1/s1. The number of carbonyl (C=O) groups is 1. The van der Waals surface area contributed by atoms with E-state index in [1.54, 1.807) is 0 Å². The molecule has 0 aromatic rings. The first-order valence-corrected chi connectivity index (χ1v) is 7.13. The van der Waals surface area contributed by atoms with E-state index in [0.717, 1.165) is 25.9 Å². The highest BCUT2D eigenvalue weighted by Gasteiger charge is 2.53. The lowest BCUT2D eigenvalue weighted by atomic mass is 10.0. The Labute approximate surface area is 114 Å². The molecule has 1 amide bonds. The topological polar surface area (TPSA) is 48.0 Å². The molecule has 2 heterocycles. The van der Waals surface area contributed by atoms with Crippen molar-refractivity contribution in [2.45, 2.75) is 45.0 Å². The number of amides is 1. The van der Waals surface area contributed by atoms with E-state index >= 15 is 0 Å². The number of nitrogens with zero attached hydrogens (tertiary/aromatic N) is 1. The molecule has 2 atom stereocenters. The van der Waals surface area contributed by atoms with Crippen LogP contribution in [0.4, 0.5) is 4.79 Å². The molecule has 0 unspecified atom stereocenters. The Morgan fingerprint density at radius 2 is 1.68 bits per heavy atom. The SMILES string of the molecule is CC(C)(C)OC(=O)N1C[C@H]2CC3(C[C@@H]2C1)OCCO3. The van der Waals surface area contributed by atoms with E-state index < -0.39 is 5.60 Å². The third kappa shape index (κ3) is 2.58. The third-order valence-corrected chi connectivity index (χ3v) is 4.19. The normalized spacial score (nSPS) is 32.9. The zero-order chi connectivity index (χ0) is 13.7. The van der Waals surface area contributed by atoms with E-state index in [1.807, 2.05) is 25.7 Å². The maximum atomic E-state index is 12.0. The number of fused-ring (bicyclic) bond motifs is 1. The molecule has 0 N–H and O–H groups in total. The van der Waals surface area contributed by atoms with Crippen molar-refractivity contribution in [3.63, 3.8) is 0 Å². The fourth-order valence-electron chi connectivity index (χ4n) is 3.49. The highest BCUT2D eigenvalue weighted by molar-refractivity contribution is 5.68. The van der Waals surface area contributed by atoms with E-state index in [2.05, 4.69) is 0 Å². The molecule has 0 aromatic heterocycles. The van der Waals surface area contributed by atoms with Crippen molar-refractivity contribution in [1.29, 1.82) is 0 Å². The van der Waals surface area contributed by atoms with Crippen molar-refractivity contribution in [2.24, 2.45) is 11.8 Å². The lowest BCUT2D eigenvalue weighted by molar-refractivity contribution is -0.156. The summed E-state index contributed by atoms with van der Waals surface area (Å²) >= 11 is 0. The first kappa shape index (κ1) is 13.2. The predicted octanol–water partition coefficient (Wildman–Crippen LogP) is 2.01. The average molecular weight is 269 g/mol. The van der Waals surface area contributed by atoms with Crippen LogP contribution >= 0.6 is 0 Å². The lowest BCUT2D eigenvalue weighted by Crippen LogP contribution is -2.37. The van der Waals surface area contributed by atoms with Gasteiger partial charge in [-0.2, -0.15) is 0 Å². The predicted molar refractivity (Wildman–Crippen MR) is 68.7 cm³/mol. The monoisotopic (exact) mass is 269 g/mol. The smallest absolute Gasteiger partial charge is 0.410 e. The summed E-state index contributed by atoms with van der Waals surface area (Å²) in [7, 11) is 0. The summed E-state index contributed by atoms with van der Waals surface area (Å²) in [5.41, 5.74) is -0.423. The maximum absolute atomic E-state index is 12.0. The van der Waals surface area contributed by atoms with Crippen molar-refractivity contribution in [3.05, 3.63) is 0 Å². The molecule has 108 valence electrons. The zero-order valence-electron chi connectivity index (χ0n) is 12.0. The van der Waals surface area contributed by atoms with E-state index in [0.29, 0.717) is 25.0 Å². The Morgan fingerprint density at radius 3 is 2.16 bits per heavy atom. The van der Waals surface area contributed by atoms with Crippen molar-refractivity contribution in [1.82, 2.24) is 4.90 Å². The van der Waals surface area contributed by atoms with Gasteiger partial charge >= 0.3 is 6.09 Å². The molecule has 2 saturated heterocycles. The third-order valence-electron chi connectivity index (χ3n) is 4.19. The van der Waals surface area contributed by atoms with E-state index in [-0.39, 0.29) is 11.9 Å². The molecule has 2 aliphatic heterocycles. The van der Waals surface area contributed by atoms with Crippen LogP contribution in [0, 0.1) is 11.8 Å². The summed E-state index contributed by atoms with van der Waals surface area (Å²) in [6.07, 6.45) is 1.64. The second-order valence-corrected chi connectivity index (χ2v) is 6.92. The van der Waals surface area contributed by atoms with E-state index in [4.69, 9.17) is 14.2 Å². The van der Waals surface area contributed by atoms with Crippen molar-refractivity contribution in [2.75, 3.05) is 26.3 Å². The van der Waals surface area contributed by atoms with Gasteiger partial charge in [-0.1, -0.05) is 0 Å². The Kier molecular flexibility index (Phi) is 3.02. The Balaban J connectivity index is 1.57. The van der Waals surface area contributed by atoms with Crippen LogP contribution in [-0.2, 0) is 14.2 Å². The van der Waals surface area contributed by atoms with E-state index in [9.17, 15) is 4.79 Å². The number of ether oxygens (including phenoxy) is 3. The van der Waals surface area contributed by atoms with Gasteiger partial charge in [-0.3, -0.25) is 0 Å². The van der Waals surface area contributed by atoms with Gasteiger partial charge in [0, 0.05) is 25.9 Å². The van der Waals surface area contributed by atoms with Gasteiger partial charge < -0.3 is 19.1 Å². The maximum Gasteiger partial charge on any atom is 0.410 e. The Morgan fingerprint density at radius 1 is 1.16 bits per heavy atom. The summed E-state index contributed by atoms with van der Waals surface area (Å²) in [5, 5.41) is 0. The highest BCUT2D eigenvalue weighted by Crippen LogP contribution is 2.48. The summed E-state index contributed by atoms with van der Waals surface area (Å²) in [6.45, 7) is 8.65. The summed E-state index contributed by atoms with van der Waals surface area (Å²) < 4.78 is 16.9. The second-order valence-electron chi connectivity index (χ2n) is 6.92. The molecule has 3 aliphatic rings. The first-order chi connectivity index (χ1) is 8.87. The Hall–Kier alpha value is -0.810. The van der Waals surface area contributed by atoms with Crippen LogP contribution in [0.3, 0.4) is 0 Å². The van der Waals surface area contributed by atoms with Gasteiger partial charge in [-0.15, -0.1) is 0 Å². The molecule has 1 aliphatic carbocycles. The van der Waals surface area contributed by atoms with Crippen LogP contribution in [0.15, 0.2) is 0 Å². The number of rotatable bonds is 0. The number of hydrogen-bond donors (Lipinski definition) is 0. The summed E-state index contributed by atoms with van der Waals surface area (Å²) in [5.74, 6) is 0.645. The molecule has 1 saturated carbocycles. The van der Waals surface area contributed by atoms with Gasteiger partial charge in [0.1, 0.15) is 5.60 Å². The first-order valence-electron chi connectivity index (χ1n) is 7.13. The molecule has 0 aromatic carbocycles. The van der Waals surface area contributed by atoms with Gasteiger partial charge in [0.25, 0.3) is 0 Å². The minimum absolute atomic E-state index is 0.191. The largest absolute Gasteiger partial charge is 0.444 e. The van der Waals surface area contributed by atoms with E-state index in [1.165, 1.54) is 0 Å². The molecule has 19 heavy (non-hydrogen) atoms. The van der Waals surface area contributed by atoms with Crippen molar-refractivity contribution >= 4 is 6.09 Å². The van der Waals surface area contributed by atoms with Crippen LogP contribution in [-0.4, -0.2) is 48.7 Å². The fourth-order valence-corrected chi connectivity index (χ4v) is 3.49. The second kappa shape index (κ2) is 4.35. The number of hydrogen-bond acceptors (Lipinski definition) is 4. The number of carbonyl (C=O) groups excluding carboxylic acids is 1. The van der Waals surface area contributed by atoms with Gasteiger partial charge in [-0.25, -0.2) is 4.79 Å². The molecule has 1 spiro atoms. The molecule has 5 heteroatoms. The molecule has 3 fully saturated rings.